The molecule has 1 heterocycles. The van der Waals surface area contributed by atoms with Crippen molar-refractivity contribution in [2.24, 2.45) is 11.1 Å². The van der Waals surface area contributed by atoms with Crippen LogP contribution in [-0.2, 0) is 10.0 Å². The maximum Gasteiger partial charge on any atom is 0.272 e. The second-order valence-electron chi connectivity index (χ2n) is 7.54. The summed E-state index contributed by atoms with van der Waals surface area (Å²) in [6.45, 7) is 4.69. The van der Waals surface area contributed by atoms with Crippen LogP contribution in [0.2, 0.25) is 0 Å². The number of nitrogens with one attached hydrogen (secondary N) is 1. The van der Waals surface area contributed by atoms with Gasteiger partial charge in [-0.2, -0.15) is 0 Å². The molecule has 1 aliphatic rings. The van der Waals surface area contributed by atoms with Crippen LogP contribution < -0.4 is 10.5 Å². The molecule has 0 saturated carbocycles. The molecule has 0 radical (unpaired) electrons. The number of benzene rings is 2. The Morgan fingerprint density at radius 3 is 2.45 bits per heavy atom. The van der Waals surface area contributed by atoms with Crippen molar-refractivity contribution in [2.45, 2.75) is 30.7 Å². The van der Waals surface area contributed by atoms with Gasteiger partial charge < -0.3 is 5.32 Å². The lowest BCUT2D eigenvalue weighted by Crippen LogP contribution is -2.39. The monoisotopic (exact) mass is 418 g/mol. The van der Waals surface area contributed by atoms with E-state index in [1.54, 1.807) is 0 Å². The summed E-state index contributed by atoms with van der Waals surface area (Å²) in [5, 5.41) is 19.6. The highest BCUT2D eigenvalue weighted by Gasteiger charge is 2.25. The number of hydrogen-bond donors (Lipinski definition) is 2. The molecule has 9 heteroatoms. The molecule has 8 nitrogen and oxygen atoms in total. The first kappa shape index (κ1) is 21.2. The second-order valence-corrected chi connectivity index (χ2v) is 9.11. The number of nitro groups is 1. The van der Waals surface area contributed by atoms with Gasteiger partial charge in [0, 0.05) is 24.4 Å². The summed E-state index contributed by atoms with van der Waals surface area (Å²) < 4.78 is 23.4. The highest BCUT2D eigenvalue weighted by molar-refractivity contribution is 7.89. The lowest BCUT2D eigenvalue weighted by atomic mass is 9.95. The fraction of sp³-hybridized carbons (Fsp3) is 0.400. The van der Waals surface area contributed by atoms with Crippen molar-refractivity contribution < 1.29 is 13.3 Å². The van der Waals surface area contributed by atoms with Crippen LogP contribution in [0.1, 0.15) is 31.4 Å². The van der Waals surface area contributed by atoms with Gasteiger partial charge in [-0.15, -0.1) is 0 Å². The Hall–Kier alpha value is -2.49. The van der Waals surface area contributed by atoms with Crippen LogP contribution in [0.15, 0.2) is 53.4 Å². The van der Waals surface area contributed by atoms with Crippen LogP contribution in [0.4, 0.5) is 11.4 Å². The van der Waals surface area contributed by atoms with Gasteiger partial charge in [0.05, 0.1) is 15.9 Å². The van der Waals surface area contributed by atoms with E-state index in [1.165, 1.54) is 12.1 Å². The van der Waals surface area contributed by atoms with Gasteiger partial charge in [0.25, 0.3) is 5.69 Å². The molecule has 0 spiro atoms. The molecule has 0 aromatic heterocycles. The van der Waals surface area contributed by atoms with E-state index in [-0.39, 0.29) is 16.6 Å². The number of nitrogens with zero attached hydrogens (tertiary/aromatic N) is 2. The summed E-state index contributed by atoms with van der Waals surface area (Å²) in [6, 6.07) is 13.8. The van der Waals surface area contributed by atoms with Crippen molar-refractivity contribution in [2.75, 3.05) is 25.0 Å². The Labute approximate surface area is 170 Å². The molecule has 1 fully saturated rings. The van der Waals surface area contributed by atoms with E-state index in [9.17, 15) is 18.5 Å². The Kier molecular flexibility index (Phi) is 6.51. The molecule has 1 saturated heterocycles. The molecule has 3 rings (SSSR count). The van der Waals surface area contributed by atoms with Crippen LogP contribution in [0, 0.1) is 16.0 Å². The zero-order valence-electron chi connectivity index (χ0n) is 16.3. The lowest BCUT2D eigenvalue weighted by Gasteiger charge is -2.37. The van der Waals surface area contributed by atoms with Crippen LogP contribution in [0.25, 0.3) is 0 Å². The number of rotatable bonds is 7. The van der Waals surface area contributed by atoms with Gasteiger partial charge >= 0.3 is 0 Å². The van der Waals surface area contributed by atoms with Gasteiger partial charge in [0.2, 0.25) is 10.0 Å². The standard InChI is InChI=1S/C20H26N4O4S/c1-15-7-9-23(10-8-15)20(16-5-3-2-4-6-16)14-22-17-11-18(24(25)26)13-19(12-17)29(21,27)28/h2-6,11-13,15,20,22H,7-10,14H2,1H3,(H2,21,27,28). The molecule has 156 valence electrons. The van der Waals surface area contributed by atoms with Crippen molar-refractivity contribution in [3.8, 4) is 0 Å². The number of primary sulfonamides is 1. The number of likely N-dealkylation sites (tertiary alicyclic amines) is 1. The molecule has 1 unspecified atom stereocenters. The first-order valence-electron chi connectivity index (χ1n) is 9.59. The van der Waals surface area contributed by atoms with Gasteiger partial charge in [-0.3, -0.25) is 15.0 Å². The summed E-state index contributed by atoms with van der Waals surface area (Å²) in [6.07, 6.45) is 2.24. The summed E-state index contributed by atoms with van der Waals surface area (Å²) in [7, 11) is -4.05. The van der Waals surface area contributed by atoms with E-state index in [0.29, 0.717) is 18.2 Å². The summed E-state index contributed by atoms with van der Waals surface area (Å²) in [5.74, 6) is 0.699. The van der Waals surface area contributed by atoms with Crippen molar-refractivity contribution in [1.29, 1.82) is 0 Å². The average Bonchev–Trinajstić information content (AvgIpc) is 2.69. The molecule has 0 bridgehead atoms. The topological polar surface area (TPSA) is 119 Å². The predicted molar refractivity (Wildman–Crippen MR) is 112 cm³/mol. The Morgan fingerprint density at radius 1 is 1.21 bits per heavy atom. The van der Waals surface area contributed by atoms with E-state index in [1.807, 2.05) is 18.2 Å². The Morgan fingerprint density at radius 2 is 1.86 bits per heavy atom. The normalized spacial score (nSPS) is 17.0. The van der Waals surface area contributed by atoms with Gasteiger partial charge in [-0.1, -0.05) is 37.3 Å². The minimum Gasteiger partial charge on any atom is -0.383 e. The quantitative estimate of drug-likeness (QED) is 0.527. The largest absolute Gasteiger partial charge is 0.383 e. The zero-order valence-corrected chi connectivity index (χ0v) is 17.1. The van der Waals surface area contributed by atoms with Crippen molar-refractivity contribution in [3.05, 3.63) is 64.2 Å². The van der Waals surface area contributed by atoms with Crippen LogP contribution in [-0.4, -0.2) is 37.9 Å². The predicted octanol–water partition coefficient (Wildman–Crippen LogP) is 3.13. The highest BCUT2D eigenvalue weighted by Crippen LogP contribution is 2.29. The third-order valence-electron chi connectivity index (χ3n) is 5.37. The molecular weight excluding hydrogens is 392 g/mol. The maximum absolute atomic E-state index is 11.7. The number of non-ortho nitro benzene ring substituents is 1. The fourth-order valence-electron chi connectivity index (χ4n) is 3.64. The second kappa shape index (κ2) is 8.89. The molecule has 2 aromatic carbocycles. The smallest absolute Gasteiger partial charge is 0.272 e. The van der Waals surface area contributed by atoms with Crippen LogP contribution in [0.3, 0.4) is 0 Å². The van der Waals surface area contributed by atoms with Crippen molar-refractivity contribution in [1.82, 2.24) is 4.90 Å². The first-order valence-corrected chi connectivity index (χ1v) is 11.1. The molecule has 0 amide bonds. The average molecular weight is 419 g/mol. The minimum atomic E-state index is -4.05. The summed E-state index contributed by atoms with van der Waals surface area (Å²) in [4.78, 5) is 12.7. The van der Waals surface area contributed by atoms with Crippen molar-refractivity contribution >= 4 is 21.4 Å². The van der Waals surface area contributed by atoms with E-state index in [0.717, 1.165) is 37.6 Å². The number of piperidine rings is 1. The number of hydrogen-bond acceptors (Lipinski definition) is 6. The van der Waals surface area contributed by atoms with Gasteiger partial charge in [0.1, 0.15) is 0 Å². The number of nitrogens with two attached hydrogens (primary N) is 1. The van der Waals surface area contributed by atoms with Crippen LogP contribution in [0.5, 0.6) is 0 Å². The fourth-order valence-corrected chi connectivity index (χ4v) is 4.22. The summed E-state index contributed by atoms with van der Waals surface area (Å²) >= 11 is 0. The third-order valence-corrected chi connectivity index (χ3v) is 6.27. The number of sulfonamides is 1. The zero-order chi connectivity index (χ0) is 21.0. The minimum absolute atomic E-state index is 0.0703. The molecule has 3 N–H and O–H groups in total. The number of nitro benzene ring substituents is 1. The van der Waals surface area contributed by atoms with E-state index in [2.05, 4.69) is 29.3 Å². The first-order chi connectivity index (χ1) is 13.7. The lowest BCUT2D eigenvalue weighted by molar-refractivity contribution is -0.385. The summed E-state index contributed by atoms with van der Waals surface area (Å²) in [5.41, 5.74) is 1.18. The Bertz CT molecular complexity index is 958. The highest BCUT2D eigenvalue weighted by atomic mass is 32.2. The molecule has 1 aliphatic heterocycles. The molecule has 2 aromatic rings. The van der Waals surface area contributed by atoms with E-state index < -0.39 is 14.9 Å². The Balaban J connectivity index is 1.85. The molecule has 29 heavy (non-hydrogen) atoms. The van der Waals surface area contributed by atoms with Gasteiger partial charge in [0.15, 0.2) is 0 Å². The SMILES string of the molecule is CC1CCN(C(CNc2cc([N+](=O)[O-])cc(S(N)(=O)=O)c2)c2ccccc2)CC1. The van der Waals surface area contributed by atoms with E-state index >= 15 is 0 Å². The third kappa shape index (κ3) is 5.53. The van der Waals surface area contributed by atoms with Gasteiger partial charge in [-0.25, -0.2) is 13.6 Å². The molecular formula is C20H26N4O4S. The van der Waals surface area contributed by atoms with Crippen molar-refractivity contribution in [3.63, 3.8) is 0 Å². The molecule has 1 atom stereocenters. The maximum atomic E-state index is 11.7. The van der Waals surface area contributed by atoms with Crippen LogP contribution >= 0.6 is 0 Å². The van der Waals surface area contributed by atoms with Gasteiger partial charge in [-0.05, 0) is 43.5 Å². The number of anilines is 1. The van der Waals surface area contributed by atoms with E-state index in [4.69, 9.17) is 5.14 Å². The molecule has 0 aliphatic carbocycles.